The van der Waals surface area contributed by atoms with Gasteiger partial charge in [0.1, 0.15) is 48.3 Å². The van der Waals surface area contributed by atoms with E-state index in [0.29, 0.717) is 37.1 Å². The number of unbranched alkanes of at least 4 members (excludes halogenated alkanes) is 1. The summed E-state index contributed by atoms with van der Waals surface area (Å²) in [4.78, 5) is 162. The highest BCUT2D eigenvalue weighted by Crippen LogP contribution is 2.20. The second kappa shape index (κ2) is 35.3. The predicted molar refractivity (Wildman–Crippen MR) is 309 cm³/mol. The van der Waals surface area contributed by atoms with Crippen LogP contribution in [-0.2, 0) is 64.0 Å². The molecule has 30 heteroatoms. The molecule has 3 rings (SSSR count). The molecule has 2 heterocycles. The van der Waals surface area contributed by atoms with E-state index in [1.807, 2.05) is 24.5 Å². The lowest BCUT2D eigenvalue weighted by molar-refractivity contribution is -0.142. The molecule has 1 aromatic carbocycles. The van der Waals surface area contributed by atoms with Gasteiger partial charge in [0.15, 0.2) is 0 Å². The van der Waals surface area contributed by atoms with Crippen LogP contribution in [0.3, 0.4) is 0 Å². The number of carboxylic acids is 1. The summed E-state index contributed by atoms with van der Waals surface area (Å²) in [6.45, 7) is 5.17. The topological polar surface area (TPSA) is 416 Å². The standard InChI is InChI=1S/C51H80N14O13S3/c1-27(2)19-35(48(74)62-36(20-30-21-54-32-12-7-6-11-31(30)32)45(71)56-22-40(66)55-23-41(67)59-34(51(77)78)13-8-9-16-52)61-49(75)38(26-80)63-44(70)29(4)58-50(76)39-14-10-17-65(39)42(68)24-57-46(72)37(25-79)64-47(73)33(15-18-81-5)60-43(69)28(3)53/h6-7,11-12,21,27-29,33-39,54,79-80H,8-10,13-20,22-26,52-53H2,1-5H3,(H,55,66)(H,56,71)(H,57,72)(H,58,76)(H,59,67)(H,60,69)(H,61,75)(H,62,74)(H,63,70)(H,64,73)(H,77,78)/t28-,29-,33-,34-,35-,36-,37-,38-,39-/m0/s1. The van der Waals surface area contributed by atoms with Crippen LogP contribution in [0.1, 0.15) is 78.2 Å². The minimum Gasteiger partial charge on any atom is -0.480 e. The van der Waals surface area contributed by atoms with E-state index in [4.69, 9.17) is 11.5 Å². The monoisotopic (exact) mass is 1190 g/mol. The number of H-pyrrole nitrogens is 1. The number of aromatic amines is 1. The zero-order chi connectivity index (χ0) is 60.3. The van der Waals surface area contributed by atoms with Crippen molar-refractivity contribution in [2.24, 2.45) is 17.4 Å². The number of para-hydroxylation sites is 1. The average Bonchev–Trinajstić information content (AvgIpc) is 4.11. The fourth-order valence-electron chi connectivity index (χ4n) is 8.37. The minimum atomic E-state index is -1.34. The average molecular weight is 1190 g/mol. The lowest BCUT2D eigenvalue weighted by atomic mass is 10.0. The van der Waals surface area contributed by atoms with E-state index in [0.717, 1.165) is 10.9 Å². The molecule has 1 aromatic heterocycles. The molecule has 0 radical (unpaired) electrons. The van der Waals surface area contributed by atoms with Gasteiger partial charge in [-0.1, -0.05) is 32.0 Å². The summed E-state index contributed by atoms with van der Waals surface area (Å²) < 4.78 is 0. The summed E-state index contributed by atoms with van der Waals surface area (Å²) in [5.41, 5.74) is 12.5. The summed E-state index contributed by atoms with van der Waals surface area (Å²) in [6, 6.07) is -3.21. The zero-order valence-electron chi connectivity index (χ0n) is 46.2. The summed E-state index contributed by atoms with van der Waals surface area (Å²) in [6.07, 6.45) is 5.55. The van der Waals surface area contributed by atoms with Crippen LogP contribution in [0.4, 0.5) is 0 Å². The van der Waals surface area contributed by atoms with Crippen LogP contribution in [0, 0.1) is 5.92 Å². The molecule has 0 saturated carbocycles. The maximum Gasteiger partial charge on any atom is 0.326 e. The number of hydrogen-bond donors (Lipinski definition) is 16. The largest absolute Gasteiger partial charge is 0.480 e. The molecule has 1 saturated heterocycles. The third kappa shape index (κ3) is 23.0. The number of aliphatic carboxylic acids is 1. The Bertz CT molecular complexity index is 2520. The van der Waals surface area contributed by atoms with Gasteiger partial charge in [-0.3, -0.25) is 52.7 Å². The number of nitrogens with zero attached hydrogens (tertiary/aromatic N) is 1. The summed E-state index contributed by atoms with van der Waals surface area (Å²) >= 11 is 9.91. The minimum absolute atomic E-state index is 0.0699. The van der Waals surface area contributed by atoms with Gasteiger partial charge in [-0.25, -0.2) is 4.79 Å². The van der Waals surface area contributed by atoms with Crippen molar-refractivity contribution >= 4 is 119 Å². The van der Waals surface area contributed by atoms with Crippen LogP contribution in [-0.4, -0.2) is 197 Å². The third-order valence-corrected chi connectivity index (χ3v) is 14.2. The summed E-state index contributed by atoms with van der Waals surface area (Å²) in [5.74, 6) is -9.31. The molecule has 11 amide bonds. The van der Waals surface area contributed by atoms with Crippen molar-refractivity contribution in [3.05, 3.63) is 36.0 Å². The fourth-order valence-corrected chi connectivity index (χ4v) is 9.36. The van der Waals surface area contributed by atoms with E-state index >= 15 is 0 Å². The van der Waals surface area contributed by atoms with Gasteiger partial charge in [-0.2, -0.15) is 37.0 Å². The first kappa shape index (κ1) is 68.6. The highest BCUT2D eigenvalue weighted by molar-refractivity contribution is 7.98. The Morgan fingerprint density at radius 3 is 1.90 bits per heavy atom. The molecule has 0 unspecified atom stereocenters. The molecule has 1 aliphatic heterocycles. The van der Waals surface area contributed by atoms with Gasteiger partial charge in [0.05, 0.1) is 25.7 Å². The van der Waals surface area contributed by atoms with Gasteiger partial charge in [-0.05, 0) is 94.9 Å². The van der Waals surface area contributed by atoms with Crippen molar-refractivity contribution in [3.63, 3.8) is 0 Å². The van der Waals surface area contributed by atoms with Gasteiger partial charge in [0.2, 0.25) is 65.0 Å². The molecule has 16 N–H and O–H groups in total. The van der Waals surface area contributed by atoms with Gasteiger partial charge >= 0.3 is 5.97 Å². The van der Waals surface area contributed by atoms with Crippen molar-refractivity contribution in [1.82, 2.24) is 63.1 Å². The maximum atomic E-state index is 14.2. The smallest absolute Gasteiger partial charge is 0.326 e. The molecule has 0 aliphatic carbocycles. The molecule has 27 nitrogen and oxygen atoms in total. The second-order valence-electron chi connectivity index (χ2n) is 19.9. The number of nitrogens with one attached hydrogen (secondary N) is 11. The number of thiol groups is 2. The molecule has 2 aromatic rings. The van der Waals surface area contributed by atoms with E-state index in [9.17, 15) is 62.6 Å². The highest BCUT2D eigenvalue weighted by atomic mass is 32.2. The number of hydrogen-bond acceptors (Lipinski definition) is 17. The van der Waals surface area contributed by atoms with Crippen molar-refractivity contribution in [1.29, 1.82) is 0 Å². The van der Waals surface area contributed by atoms with E-state index in [1.54, 1.807) is 26.1 Å². The Labute approximate surface area is 485 Å². The highest BCUT2D eigenvalue weighted by Gasteiger charge is 2.37. The summed E-state index contributed by atoms with van der Waals surface area (Å²) in [7, 11) is 0. The fraction of sp³-hybridized carbons (Fsp3) is 0.608. The lowest BCUT2D eigenvalue weighted by Gasteiger charge is -2.27. The Morgan fingerprint density at radius 1 is 0.679 bits per heavy atom. The van der Waals surface area contributed by atoms with E-state index in [-0.39, 0.29) is 56.1 Å². The van der Waals surface area contributed by atoms with Gasteiger partial charge < -0.3 is 79.6 Å². The van der Waals surface area contributed by atoms with Crippen LogP contribution < -0.4 is 64.6 Å². The molecule has 81 heavy (non-hydrogen) atoms. The van der Waals surface area contributed by atoms with Gasteiger partial charge in [0.25, 0.3) is 0 Å². The molecular formula is C51H80N14O13S3. The number of carbonyl (C=O) groups is 12. The molecule has 0 bridgehead atoms. The Balaban J connectivity index is 1.64. The number of benzene rings is 1. The van der Waals surface area contributed by atoms with Crippen LogP contribution in [0.2, 0.25) is 0 Å². The Kier molecular flexibility index (Phi) is 29.9. The normalized spacial score (nSPS) is 16.0. The number of carbonyl (C=O) groups excluding carboxylic acids is 11. The number of amides is 11. The molecular weight excluding hydrogens is 1110 g/mol. The number of fused-ring (bicyclic) bond motifs is 1. The molecule has 0 spiro atoms. The number of carboxylic acid groups (broad SMARTS) is 1. The first-order valence-corrected chi connectivity index (χ1v) is 29.3. The second-order valence-corrected chi connectivity index (χ2v) is 21.6. The van der Waals surface area contributed by atoms with Crippen LogP contribution >= 0.6 is 37.0 Å². The van der Waals surface area contributed by atoms with Crippen LogP contribution in [0.15, 0.2) is 30.5 Å². The Morgan fingerprint density at radius 2 is 1.26 bits per heavy atom. The van der Waals surface area contributed by atoms with Gasteiger partial charge in [-0.15, -0.1) is 0 Å². The molecule has 9 atom stereocenters. The summed E-state index contributed by atoms with van der Waals surface area (Å²) in [5, 5.41) is 35.4. The number of thioether (sulfide) groups is 1. The van der Waals surface area contributed by atoms with Crippen molar-refractivity contribution < 1.29 is 62.6 Å². The Hall–Kier alpha value is -6.63. The van der Waals surface area contributed by atoms with Crippen LogP contribution in [0.25, 0.3) is 10.9 Å². The SMILES string of the molecule is CSCC[C@H](NC(=O)[C@H](C)N)C(=O)N[C@@H](CS)C(=O)NCC(=O)N1CCC[C@H]1C(=O)N[C@@H](C)C(=O)N[C@@H](CS)C(=O)N[C@@H](CC(C)C)C(=O)N[C@@H](Cc1c[nH]c2ccccc12)C(=O)NCC(=O)NCC(=O)N[C@@H](CCCCN)C(=O)O. The molecule has 1 fully saturated rings. The van der Waals surface area contributed by atoms with E-state index in [1.165, 1.54) is 30.5 Å². The zero-order valence-corrected chi connectivity index (χ0v) is 48.8. The number of aromatic nitrogens is 1. The van der Waals surface area contributed by atoms with E-state index in [2.05, 4.69) is 83.4 Å². The van der Waals surface area contributed by atoms with E-state index < -0.39 is 145 Å². The van der Waals surface area contributed by atoms with Crippen LogP contribution in [0.5, 0.6) is 0 Å². The number of nitrogens with two attached hydrogens (primary N) is 2. The predicted octanol–water partition coefficient (Wildman–Crippen LogP) is -3.32. The first-order valence-electron chi connectivity index (χ1n) is 26.6. The third-order valence-electron chi connectivity index (χ3n) is 12.9. The molecule has 450 valence electrons. The van der Waals surface area contributed by atoms with Crippen molar-refractivity contribution in [2.75, 3.05) is 56.2 Å². The van der Waals surface area contributed by atoms with Crippen molar-refractivity contribution in [3.8, 4) is 0 Å². The van der Waals surface area contributed by atoms with Gasteiger partial charge in [0, 0.05) is 41.6 Å². The number of rotatable bonds is 35. The number of likely N-dealkylation sites (tertiary alicyclic amines) is 1. The first-order chi connectivity index (χ1) is 38.4. The van der Waals surface area contributed by atoms with Crippen molar-refractivity contribution in [2.45, 2.75) is 133 Å². The maximum absolute atomic E-state index is 14.2. The quantitative estimate of drug-likeness (QED) is 0.0237. The molecule has 1 aliphatic rings. The lowest BCUT2D eigenvalue weighted by Crippen LogP contribution is -2.59.